The largest absolute Gasteiger partial charge is 0.286 e. The topological polar surface area (TPSA) is 32.7 Å². The molecule has 0 saturated carbocycles. The van der Waals surface area contributed by atoms with E-state index in [-0.39, 0.29) is 5.91 Å². The molecule has 1 heterocycles. The smallest absolute Gasteiger partial charge is 0.266 e. The molecule has 1 saturated heterocycles. The first-order valence-electron chi connectivity index (χ1n) is 6.87. The van der Waals surface area contributed by atoms with Gasteiger partial charge in [-0.15, -0.1) is 0 Å². The van der Waals surface area contributed by atoms with Crippen molar-refractivity contribution in [3.63, 3.8) is 0 Å². The lowest BCUT2D eigenvalue weighted by atomic mass is 10.2. The Hall–Kier alpha value is -1.66. The van der Waals surface area contributed by atoms with Gasteiger partial charge in [-0.05, 0) is 36.0 Å². The van der Waals surface area contributed by atoms with Crippen molar-refractivity contribution < 1.29 is 4.79 Å². The summed E-state index contributed by atoms with van der Waals surface area (Å²) in [5.41, 5.74) is 1.47. The number of hydrogen-bond acceptors (Lipinski definition) is 4. The fourth-order valence-electron chi connectivity index (χ4n) is 1.99. The molecule has 0 spiro atoms. The van der Waals surface area contributed by atoms with E-state index in [4.69, 9.17) is 35.4 Å². The minimum Gasteiger partial charge on any atom is -0.266 e. The number of hydrazone groups is 1. The van der Waals surface area contributed by atoms with Crippen LogP contribution >= 0.6 is 47.2 Å². The Kier molecular flexibility index (Phi) is 5.36. The van der Waals surface area contributed by atoms with Crippen molar-refractivity contribution in [2.24, 2.45) is 5.10 Å². The second kappa shape index (κ2) is 7.49. The van der Waals surface area contributed by atoms with Gasteiger partial charge in [0.15, 0.2) is 4.32 Å². The summed E-state index contributed by atoms with van der Waals surface area (Å²) in [5, 5.41) is 6.48. The van der Waals surface area contributed by atoms with Crippen LogP contribution in [-0.2, 0) is 4.79 Å². The lowest BCUT2D eigenvalue weighted by molar-refractivity contribution is -0.122. The van der Waals surface area contributed by atoms with E-state index in [1.165, 1.54) is 23.0 Å². The van der Waals surface area contributed by atoms with E-state index in [0.717, 1.165) is 5.56 Å². The van der Waals surface area contributed by atoms with Crippen molar-refractivity contribution in [2.75, 3.05) is 0 Å². The Morgan fingerprint density at radius 3 is 2.21 bits per heavy atom. The zero-order valence-corrected chi connectivity index (χ0v) is 15.3. The maximum Gasteiger partial charge on any atom is 0.286 e. The van der Waals surface area contributed by atoms with Gasteiger partial charge in [-0.2, -0.15) is 10.1 Å². The SMILES string of the molecule is O=C1/C(=C/c2ccccc2Cl)SC(=S)N1/N=C\c1ccccc1Cl. The summed E-state index contributed by atoms with van der Waals surface area (Å²) in [6, 6.07) is 14.5. The highest BCUT2D eigenvalue weighted by atomic mass is 35.5. The van der Waals surface area contributed by atoms with Gasteiger partial charge < -0.3 is 0 Å². The third-order valence-electron chi connectivity index (χ3n) is 3.18. The van der Waals surface area contributed by atoms with Gasteiger partial charge >= 0.3 is 0 Å². The number of hydrogen-bond donors (Lipinski definition) is 0. The second-order valence-corrected chi connectivity index (χ2v) is 7.27. The lowest BCUT2D eigenvalue weighted by Gasteiger charge is -2.06. The quantitative estimate of drug-likeness (QED) is 0.407. The normalized spacial score (nSPS) is 16.6. The first kappa shape index (κ1) is 17.2. The summed E-state index contributed by atoms with van der Waals surface area (Å²) in [6.07, 6.45) is 3.23. The number of carbonyl (C=O) groups excluding carboxylic acids is 1. The van der Waals surface area contributed by atoms with Crippen molar-refractivity contribution >= 4 is 69.7 Å². The van der Waals surface area contributed by atoms with Gasteiger partial charge in [0.25, 0.3) is 5.91 Å². The third kappa shape index (κ3) is 3.70. The molecule has 7 heteroatoms. The van der Waals surface area contributed by atoms with Crippen LogP contribution in [-0.4, -0.2) is 21.5 Å². The van der Waals surface area contributed by atoms with Crippen molar-refractivity contribution in [1.82, 2.24) is 5.01 Å². The second-order valence-electron chi connectivity index (χ2n) is 4.78. The maximum absolute atomic E-state index is 12.5. The van der Waals surface area contributed by atoms with E-state index in [1.54, 1.807) is 18.2 Å². The maximum atomic E-state index is 12.5. The zero-order chi connectivity index (χ0) is 17.1. The van der Waals surface area contributed by atoms with E-state index < -0.39 is 0 Å². The van der Waals surface area contributed by atoms with Gasteiger partial charge in [0, 0.05) is 15.6 Å². The molecule has 3 rings (SSSR count). The van der Waals surface area contributed by atoms with Crippen molar-refractivity contribution in [1.29, 1.82) is 0 Å². The fraction of sp³-hybridized carbons (Fsp3) is 0. The highest BCUT2D eigenvalue weighted by Gasteiger charge is 2.32. The zero-order valence-electron chi connectivity index (χ0n) is 12.1. The molecule has 0 N–H and O–H groups in total. The Morgan fingerprint density at radius 2 is 1.58 bits per heavy atom. The van der Waals surface area contributed by atoms with E-state index in [2.05, 4.69) is 5.10 Å². The predicted octanol–water partition coefficient (Wildman–Crippen LogP) is 5.23. The average molecular weight is 393 g/mol. The molecular formula is C17H10Cl2N2OS2. The van der Waals surface area contributed by atoms with Crippen LogP contribution in [0, 0.1) is 0 Å². The van der Waals surface area contributed by atoms with Crippen molar-refractivity contribution in [2.45, 2.75) is 0 Å². The Bertz CT molecular complexity index is 880. The number of thioether (sulfide) groups is 1. The molecule has 1 aliphatic heterocycles. The molecule has 3 nitrogen and oxygen atoms in total. The molecule has 24 heavy (non-hydrogen) atoms. The van der Waals surface area contributed by atoms with Crippen LogP contribution in [0.4, 0.5) is 0 Å². The molecule has 0 unspecified atom stereocenters. The van der Waals surface area contributed by atoms with Gasteiger partial charge in [0.05, 0.1) is 11.1 Å². The van der Waals surface area contributed by atoms with Gasteiger partial charge in [-0.25, -0.2) is 0 Å². The van der Waals surface area contributed by atoms with Gasteiger partial charge in [0.1, 0.15) is 0 Å². The van der Waals surface area contributed by atoms with Crippen molar-refractivity contribution in [3.05, 3.63) is 74.6 Å². The Balaban J connectivity index is 1.85. The lowest BCUT2D eigenvalue weighted by Crippen LogP contribution is -2.22. The van der Waals surface area contributed by atoms with Crippen LogP contribution in [0.15, 0.2) is 58.5 Å². The van der Waals surface area contributed by atoms with Crippen LogP contribution in [0.5, 0.6) is 0 Å². The molecular weight excluding hydrogens is 383 g/mol. The summed E-state index contributed by atoms with van der Waals surface area (Å²) in [7, 11) is 0. The molecule has 1 aliphatic rings. The van der Waals surface area contributed by atoms with Crippen molar-refractivity contribution in [3.8, 4) is 0 Å². The first-order valence-corrected chi connectivity index (χ1v) is 8.85. The summed E-state index contributed by atoms with van der Waals surface area (Å²) in [4.78, 5) is 13.0. The standard InChI is InChI=1S/C17H10Cl2N2OS2/c18-13-7-3-1-5-11(13)9-15-16(22)21(17(23)24-15)20-10-12-6-2-4-8-14(12)19/h1-10H/b15-9-,20-10-. The molecule has 2 aromatic rings. The predicted molar refractivity (Wildman–Crippen MR) is 106 cm³/mol. The monoisotopic (exact) mass is 392 g/mol. The number of nitrogens with zero attached hydrogens (tertiary/aromatic N) is 2. The number of thiocarbonyl (C=S) groups is 1. The van der Waals surface area contributed by atoms with E-state index >= 15 is 0 Å². The molecule has 1 fully saturated rings. The highest BCUT2D eigenvalue weighted by molar-refractivity contribution is 8.26. The fourth-order valence-corrected chi connectivity index (χ4v) is 3.53. The van der Waals surface area contributed by atoms with Crippen LogP contribution in [0.3, 0.4) is 0 Å². The van der Waals surface area contributed by atoms with Crippen LogP contribution in [0.1, 0.15) is 11.1 Å². The van der Waals surface area contributed by atoms with E-state index in [1.807, 2.05) is 36.4 Å². The van der Waals surface area contributed by atoms with Crippen LogP contribution in [0.2, 0.25) is 10.0 Å². The van der Waals surface area contributed by atoms with Crippen LogP contribution < -0.4 is 0 Å². The minimum absolute atomic E-state index is 0.284. The number of benzene rings is 2. The summed E-state index contributed by atoms with van der Waals surface area (Å²) in [6.45, 7) is 0. The molecule has 0 aliphatic carbocycles. The third-order valence-corrected chi connectivity index (χ3v) is 5.15. The average Bonchev–Trinajstić information content (AvgIpc) is 2.83. The van der Waals surface area contributed by atoms with Gasteiger partial charge in [0.2, 0.25) is 0 Å². The first-order chi connectivity index (χ1) is 11.6. The number of carbonyl (C=O) groups is 1. The summed E-state index contributed by atoms with van der Waals surface area (Å²) in [5.74, 6) is -0.284. The van der Waals surface area contributed by atoms with Gasteiger partial charge in [-0.3, -0.25) is 4.79 Å². The number of halogens is 2. The number of rotatable bonds is 3. The molecule has 120 valence electrons. The summed E-state index contributed by atoms with van der Waals surface area (Å²) >= 11 is 18.6. The molecule has 0 atom stereocenters. The Morgan fingerprint density at radius 1 is 1.00 bits per heavy atom. The highest BCUT2D eigenvalue weighted by Crippen LogP contribution is 2.33. The minimum atomic E-state index is -0.284. The van der Waals surface area contributed by atoms with E-state index in [0.29, 0.717) is 24.8 Å². The van der Waals surface area contributed by atoms with Gasteiger partial charge in [-0.1, -0.05) is 71.4 Å². The molecule has 0 bridgehead atoms. The summed E-state index contributed by atoms with van der Waals surface area (Å²) < 4.78 is 0.363. The molecule has 0 radical (unpaired) electrons. The van der Waals surface area contributed by atoms with E-state index in [9.17, 15) is 4.79 Å². The molecule has 2 aromatic carbocycles. The Labute approximate surface area is 158 Å². The number of amides is 1. The molecule has 0 aromatic heterocycles. The molecule has 1 amide bonds. The van der Waals surface area contributed by atoms with Crippen LogP contribution in [0.25, 0.3) is 6.08 Å².